The van der Waals surface area contributed by atoms with Gasteiger partial charge in [0.2, 0.25) is 0 Å². The van der Waals surface area contributed by atoms with Crippen LogP contribution in [0.25, 0.3) is 0 Å². The van der Waals surface area contributed by atoms with Crippen molar-refractivity contribution in [2.75, 3.05) is 13.1 Å². The fourth-order valence-electron chi connectivity index (χ4n) is 1.03. The Morgan fingerprint density at radius 3 is 2.78 bits per heavy atom. The van der Waals surface area contributed by atoms with Crippen LogP contribution in [-0.4, -0.2) is 23.5 Å². The highest BCUT2D eigenvalue weighted by atomic mass is 16.5. The molecule has 3 heteroatoms. The standard InChI is InChI=1S/C6H14N2O/c9-8-6-4-2-1-3-5-7-8/h7,9H,1-6H2. The van der Waals surface area contributed by atoms with E-state index in [-0.39, 0.29) is 0 Å². The molecule has 0 unspecified atom stereocenters. The number of hydrogen-bond donors (Lipinski definition) is 2. The van der Waals surface area contributed by atoms with Gasteiger partial charge in [0.25, 0.3) is 0 Å². The second kappa shape index (κ2) is 3.82. The molecule has 1 fully saturated rings. The molecule has 1 heterocycles. The van der Waals surface area contributed by atoms with Crippen molar-refractivity contribution in [2.45, 2.75) is 25.7 Å². The van der Waals surface area contributed by atoms with Gasteiger partial charge in [0.05, 0.1) is 0 Å². The van der Waals surface area contributed by atoms with E-state index in [1.54, 1.807) is 0 Å². The molecular weight excluding hydrogens is 116 g/mol. The lowest BCUT2D eigenvalue weighted by Gasteiger charge is -2.18. The zero-order valence-corrected chi connectivity index (χ0v) is 5.64. The average Bonchev–Trinajstić information content (AvgIpc) is 1.79. The molecule has 0 aromatic carbocycles. The Kier molecular flexibility index (Phi) is 2.97. The minimum atomic E-state index is 0.764. The van der Waals surface area contributed by atoms with Gasteiger partial charge in [-0.15, -0.1) is 5.17 Å². The predicted molar refractivity (Wildman–Crippen MR) is 35.0 cm³/mol. The lowest BCUT2D eigenvalue weighted by atomic mass is 10.2. The fourth-order valence-corrected chi connectivity index (χ4v) is 1.03. The van der Waals surface area contributed by atoms with E-state index >= 15 is 0 Å². The minimum Gasteiger partial charge on any atom is -0.299 e. The Balaban J connectivity index is 2.12. The average molecular weight is 130 g/mol. The molecule has 0 radical (unpaired) electrons. The van der Waals surface area contributed by atoms with Crippen molar-refractivity contribution in [3.8, 4) is 0 Å². The molecule has 1 rings (SSSR count). The topological polar surface area (TPSA) is 35.5 Å². The van der Waals surface area contributed by atoms with Gasteiger partial charge < -0.3 is 0 Å². The molecule has 0 atom stereocenters. The van der Waals surface area contributed by atoms with Crippen LogP contribution in [0.15, 0.2) is 0 Å². The van der Waals surface area contributed by atoms with Crippen molar-refractivity contribution in [3.63, 3.8) is 0 Å². The molecule has 1 aliphatic heterocycles. The summed E-state index contributed by atoms with van der Waals surface area (Å²) in [5.74, 6) is 0. The van der Waals surface area contributed by atoms with Crippen LogP contribution in [0.4, 0.5) is 0 Å². The summed E-state index contributed by atoms with van der Waals surface area (Å²) in [6.45, 7) is 1.68. The summed E-state index contributed by atoms with van der Waals surface area (Å²) in [5, 5.41) is 10.1. The molecule has 2 N–H and O–H groups in total. The summed E-state index contributed by atoms with van der Waals surface area (Å²) in [4.78, 5) is 0. The molecule has 0 spiro atoms. The Bertz CT molecular complexity index is 69.5. The van der Waals surface area contributed by atoms with Crippen LogP contribution in [-0.2, 0) is 0 Å². The van der Waals surface area contributed by atoms with Crippen LogP contribution in [0.2, 0.25) is 0 Å². The minimum absolute atomic E-state index is 0.764. The predicted octanol–water partition coefficient (Wildman–Crippen LogP) is 0.756. The molecule has 0 saturated carbocycles. The molecule has 0 aromatic heterocycles. The third-order valence-corrected chi connectivity index (χ3v) is 1.59. The molecule has 0 amide bonds. The summed E-state index contributed by atoms with van der Waals surface area (Å²) in [6.07, 6.45) is 4.82. The monoisotopic (exact) mass is 130 g/mol. The van der Waals surface area contributed by atoms with Crippen molar-refractivity contribution in [2.24, 2.45) is 0 Å². The zero-order chi connectivity index (χ0) is 6.53. The van der Waals surface area contributed by atoms with E-state index in [0.29, 0.717) is 0 Å². The van der Waals surface area contributed by atoms with E-state index in [4.69, 9.17) is 5.21 Å². The lowest BCUT2D eigenvalue weighted by molar-refractivity contribution is -0.139. The maximum Gasteiger partial charge on any atom is 0.0398 e. The van der Waals surface area contributed by atoms with Gasteiger partial charge in [-0.25, -0.2) is 5.43 Å². The van der Waals surface area contributed by atoms with Crippen LogP contribution < -0.4 is 5.43 Å². The SMILES string of the molecule is ON1CCCCCCN1. The van der Waals surface area contributed by atoms with Crippen LogP contribution in [0, 0.1) is 0 Å². The van der Waals surface area contributed by atoms with E-state index < -0.39 is 0 Å². The number of nitrogens with one attached hydrogen (secondary N) is 1. The first-order valence-corrected chi connectivity index (χ1v) is 3.59. The van der Waals surface area contributed by atoms with Gasteiger partial charge >= 0.3 is 0 Å². The first-order chi connectivity index (χ1) is 4.39. The number of hydroxylamine groups is 1. The van der Waals surface area contributed by atoms with Crippen molar-refractivity contribution in [1.29, 1.82) is 0 Å². The maximum absolute atomic E-state index is 8.94. The Morgan fingerprint density at radius 2 is 1.89 bits per heavy atom. The van der Waals surface area contributed by atoms with Crippen LogP contribution in [0.5, 0.6) is 0 Å². The van der Waals surface area contributed by atoms with Crippen LogP contribution >= 0.6 is 0 Å². The van der Waals surface area contributed by atoms with E-state index in [1.165, 1.54) is 24.4 Å². The van der Waals surface area contributed by atoms with Gasteiger partial charge in [-0.1, -0.05) is 12.8 Å². The van der Waals surface area contributed by atoms with Gasteiger partial charge in [-0.3, -0.25) is 5.21 Å². The summed E-state index contributed by atoms with van der Waals surface area (Å²) in [6, 6.07) is 0. The highest BCUT2D eigenvalue weighted by molar-refractivity contribution is 4.50. The fraction of sp³-hybridized carbons (Fsp3) is 1.00. The van der Waals surface area contributed by atoms with E-state index in [2.05, 4.69) is 5.43 Å². The van der Waals surface area contributed by atoms with Crippen molar-refractivity contribution >= 4 is 0 Å². The maximum atomic E-state index is 8.94. The number of hydrazine groups is 1. The van der Waals surface area contributed by atoms with Crippen LogP contribution in [0.1, 0.15) is 25.7 Å². The number of rotatable bonds is 0. The first-order valence-electron chi connectivity index (χ1n) is 3.59. The Morgan fingerprint density at radius 1 is 1.11 bits per heavy atom. The normalized spacial score (nSPS) is 25.0. The molecular formula is C6H14N2O. The Labute approximate surface area is 55.6 Å². The third kappa shape index (κ3) is 2.79. The van der Waals surface area contributed by atoms with Crippen molar-refractivity contribution in [1.82, 2.24) is 10.6 Å². The zero-order valence-electron chi connectivity index (χ0n) is 5.64. The summed E-state index contributed by atoms with van der Waals surface area (Å²) in [5.41, 5.74) is 2.87. The van der Waals surface area contributed by atoms with Crippen molar-refractivity contribution < 1.29 is 5.21 Å². The van der Waals surface area contributed by atoms with Gasteiger partial charge in [0, 0.05) is 13.1 Å². The van der Waals surface area contributed by atoms with Gasteiger partial charge in [0.15, 0.2) is 0 Å². The lowest BCUT2D eigenvalue weighted by Crippen LogP contribution is -2.37. The molecule has 1 saturated heterocycles. The van der Waals surface area contributed by atoms with Crippen LogP contribution in [0.3, 0.4) is 0 Å². The van der Waals surface area contributed by atoms with Gasteiger partial charge in [-0.05, 0) is 12.8 Å². The number of nitrogens with zero attached hydrogens (tertiary/aromatic N) is 1. The van der Waals surface area contributed by atoms with Crippen molar-refractivity contribution in [3.05, 3.63) is 0 Å². The first kappa shape index (κ1) is 6.99. The van der Waals surface area contributed by atoms with Gasteiger partial charge in [-0.2, -0.15) is 0 Å². The molecule has 0 aromatic rings. The molecule has 3 nitrogen and oxygen atoms in total. The largest absolute Gasteiger partial charge is 0.299 e. The summed E-state index contributed by atoms with van der Waals surface area (Å²) < 4.78 is 0. The third-order valence-electron chi connectivity index (χ3n) is 1.59. The second-order valence-corrected chi connectivity index (χ2v) is 2.45. The Hall–Kier alpha value is -0.120. The molecule has 9 heavy (non-hydrogen) atoms. The smallest absolute Gasteiger partial charge is 0.0398 e. The second-order valence-electron chi connectivity index (χ2n) is 2.45. The number of hydrogen-bond acceptors (Lipinski definition) is 3. The summed E-state index contributed by atoms with van der Waals surface area (Å²) in [7, 11) is 0. The highest BCUT2D eigenvalue weighted by Gasteiger charge is 2.01. The van der Waals surface area contributed by atoms with E-state index in [9.17, 15) is 0 Å². The highest BCUT2D eigenvalue weighted by Crippen LogP contribution is 2.01. The van der Waals surface area contributed by atoms with E-state index in [1.807, 2.05) is 0 Å². The summed E-state index contributed by atoms with van der Waals surface area (Å²) >= 11 is 0. The molecule has 0 aliphatic carbocycles. The molecule has 54 valence electrons. The quantitative estimate of drug-likeness (QED) is 0.508. The van der Waals surface area contributed by atoms with E-state index in [0.717, 1.165) is 19.5 Å². The van der Waals surface area contributed by atoms with Gasteiger partial charge in [0.1, 0.15) is 0 Å². The molecule has 0 bridgehead atoms. The molecule has 1 aliphatic rings.